The second kappa shape index (κ2) is 13.9. The largest absolute Gasteiger partial charge is 0.497 e. The number of aromatic nitrogens is 3. The van der Waals surface area contributed by atoms with E-state index >= 15 is 0 Å². The number of nitrogens with zero attached hydrogens (tertiary/aromatic N) is 4. The number of para-hydroxylation sites is 1. The van der Waals surface area contributed by atoms with E-state index in [0.29, 0.717) is 36.6 Å². The van der Waals surface area contributed by atoms with Gasteiger partial charge in [-0.05, 0) is 42.8 Å². The third-order valence-corrected chi connectivity index (χ3v) is 6.57. The van der Waals surface area contributed by atoms with E-state index in [0.717, 1.165) is 22.8 Å². The molecule has 0 radical (unpaired) electrons. The van der Waals surface area contributed by atoms with Gasteiger partial charge in [-0.25, -0.2) is 5.43 Å². The summed E-state index contributed by atoms with van der Waals surface area (Å²) in [6.07, 6.45) is 3.19. The number of ether oxygens (including phenoxy) is 2. The molecule has 2 aromatic heterocycles. The van der Waals surface area contributed by atoms with Crippen LogP contribution in [0.2, 0.25) is 0 Å². The first kappa shape index (κ1) is 27.5. The number of anilines is 1. The molecule has 0 unspecified atom stereocenters. The Bertz CT molecular complexity index is 1380. The third-order valence-electron chi connectivity index (χ3n) is 5.49. The number of rotatable bonds is 14. The lowest BCUT2D eigenvalue weighted by atomic mass is 10.2. The molecule has 0 fully saturated rings. The van der Waals surface area contributed by atoms with Gasteiger partial charge in [-0.2, -0.15) is 5.10 Å². The van der Waals surface area contributed by atoms with Gasteiger partial charge >= 0.3 is 0 Å². The van der Waals surface area contributed by atoms with Crippen molar-refractivity contribution in [1.29, 1.82) is 0 Å². The minimum absolute atomic E-state index is 0.282. The van der Waals surface area contributed by atoms with Crippen molar-refractivity contribution >= 4 is 29.6 Å². The number of allylic oxidation sites excluding steroid dienone is 1. The van der Waals surface area contributed by atoms with Crippen LogP contribution in [-0.4, -0.2) is 39.2 Å². The molecule has 202 valence electrons. The first-order valence-electron chi connectivity index (χ1n) is 12.2. The zero-order chi connectivity index (χ0) is 27.5. The molecule has 2 heterocycles. The molecule has 10 nitrogen and oxygen atoms in total. The number of benzene rings is 2. The highest BCUT2D eigenvalue weighted by molar-refractivity contribution is 8.00. The predicted octanol–water partition coefficient (Wildman–Crippen LogP) is 4.89. The lowest BCUT2D eigenvalue weighted by molar-refractivity contribution is -0.120. The van der Waals surface area contributed by atoms with Crippen molar-refractivity contribution in [2.24, 2.45) is 5.10 Å². The van der Waals surface area contributed by atoms with Gasteiger partial charge in [0.05, 0.1) is 25.1 Å². The number of hydrogen-bond acceptors (Lipinski definition) is 9. The molecule has 0 bridgehead atoms. The van der Waals surface area contributed by atoms with Gasteiger partial charge < -0.3 is 23.8 Å². The fourth-order valence-corrected chi connectivity index (χ4v) is 4.28. The second-order valence-electron chi connectivity index (χ2n) is 8.31. The van der Waals surface area contributed by atoms with Crippen LogP contribution in [0, 0.1) is 0 Å². The van der Waals surface area contributed by atoms with Crippen molar-refractivity contribution < 1.29 is 18.7 Å². The third kappa shape index (κ3) is 7.99. The van der Waals surface area contributed by atoms with Crippen molar-refractivity contribution in [2.45, 2.75) is 37.0 Å². The maximum atomic E-state index is 12.6. The Kier molecular flexibility index (Phi) is 9.79. The van der Waals surface area contributed by atoms with E-state index in [1.165, 1.54) is 18.0 Å². The van der Waals surface area contributed by atoms with Crippen LogP contribution in [0.1, 0.15) is 24.1 Å². The Morgan fingerprint density at radius 3 is 2.69 bits per heavy atom. The van der Waals surface area contributed by atoms with Gasteiger partial charge in [-0.3, -0.25) is 4.79 Å². The van der Waals surface area contributed by atoms with E-state index < -0.39 is 5.25 Å². The summed E-state index contributed by atoms with van der Waals surface area (Å²) in [6.45, 7) is 6.97. The molecule has 4 rings (SSSR count). The maximum Gasteiger partial charge on any atom is 0.285 e. The molecular weight excluding hydrogens is 516 g/mol. The smallest absolute Gasteiger partial charge is 0.285 e. The summed E-state index contributed by atoms with van der Waals surface area (Å²) in [5, 5.41) is 16.1. The number of methoxy groups -OCH3 is 1. The Hall–Kier alpha value is -4.51. The molecule has 2 N–H and O–H groups in total. The van der Waals surface area contributed by atoms with Crippen molar-refractivity contribution in [3.8, 4) is 11.7 Å². The van der Waals surface area contributed by atoms with Crippen molar-refractivity contribution in [3.63, 3.8) is 0 Å². The van der Waals surface area contributed by atoms with Crippen LogP contribution < -0.4 is 20.2 Å². The van der Waals surface area contributed by atoms with Crippen LogP contribution >= 0.6 is 11.8 Å². The fraction of sp³-hybridized carbons (Fsp3) is 0.214. The van der Waals surface area contributed by atoms with E-state index in [4.69, 9.17) is 13.9 Å². The molecule has 0 aliphatic heterocycles. The van der Waals surface area contributed by atoms with Crippen LogP contribution in [0.5, 0.6) is 11.7 Å². The fourth-order valence-electron chi connectivity index (χ4n) is 3.41. The lowest BCUT2D eigenvalue weighted by Crippen LogP contribution is -2.27. The van der Waals surface area contributed by atoms with E-state index in [9.17, 15) is 4.79 Å². The molecule has 4 aromatic rings. The van der Waals surface area contributed by atoms with Crippen molar-refractivity contribution in [1.82, 2.24) is 20.2 Å². The Labute approximate surface area is 231 Å². The summed E-state index contributed by atoms with van der Waals surface area (Å²) in [6, 6.07) is 20.8. The highest BCUT2D eigenvalue weighted by Gasteiger charge is 2.19. The van der Waals surface area contributed by atoms with Crippen molar-refractivity contribution in [2.75, 3.05) is 12.4 Å². The predicted molar refractivity (Wildman–Crippen MR) is 151 cm³/mol. The van der Waals surface area contributed by atoms with Gasteiger partial charge in [0.2, 0.25) is 0 Å². The SMILES string of the molecule is C=CCn1c(CNc2ccccc2)nnc1S[C@@H](C)C(=O)N/N=C\c1ccc(OCc2ccc(OC)cc2)o1. The van der Waals surface area contributed by atoms with Crippen LogP contribution in [0.4, 0.5) is 5.69 Å². The van der Waals surface area contributed by atoms with Crippen LogP contribution in [0.15, 0.2) is 94.1 Å². The summed E-state index contributed by atoms with van der Waals surface area (Å²) < 4.78 is 18.3. The highest BCUT2D eigenvalue weighted by Crippen LogP contribution is 2.23. The van der Waals surface area contributed by atoms with Gasteiger partial charge in [0.1, 0.15) is 12.4 Å². The monoisotopic (exact) mass is 546 g/mol. The van der Waals surface area contributed by atoms with Crippen LogP contribution in [0.25, 0.3) is 0 Å². The number of carbonyl (C=O) groups is 1. The Balaban J connectivity index is 1.26. The Morgan fingerprint density at radius 1 is 1.15 bits per heavy atom. The van der Waals surface area contributed by atoms with E-state index in [1.807, 2.05) is 59.2 Å². The van der Waals surface area contributed by atoms with Gasteiger partial charge in [-0.15, -0.1) is 16.8 Å². The number of amides is 1. The molecule has 0 aliphatic rings. The molecule has 0 saturated carbocycles. The van der Waals surface area contributed by atoms with E-state index in [1.54, 1.807) is 32.2 Å². The number of nitrogens with one attached hydrogen (secondary N) is 2. The lowest BCUT2D eigenvalue weighted by Gasteiger charge is -2.12. The number of hydrazone groups is 1. The summed E-state index contributed by atoms with van der Waals surface area (Å²) in [7, 11) is 1.62. The number of thioether (sulfide) groups is 1. The summed E-state index contributed by atoms with van der Waals surface area (Å²) in [5.41, 5.74) is 4.50. The minimum atomic E-state index is -0.468. The number of carbonyl (C=O) groups excluding carboxylic acids is 1. The topological polar surface area (TPSA) is 116 Å². The van der Waals surface area contributed by atoms with Crippen LogP contribution in [-0.2, 0) is 24.5 Å². The molecule has 0 saturated heterocycles. The highest BCUT2D eigenvalue weighted by atomic mass is 32.2. The summed E-state index contributed by atoms with van der Waals surface area (Å²) in [4.78, 5) is 12.6. The summed E-state index contributed by atoms with van der Waals surface area (Å²) >= 11 is 1.29. The first-order chi connectivity index (χ1) is 19.1. The van der Waals surface area contributed by atoms with Gasteiger partial charge in [0.25, 0.3) is 11.9 Å². The van der Waals surface area contributed by atoms with Crippen molar-refractivity contribution in [3.05, 3.63) is 96.5 Å². The molecule has 1 amide bonds. The zero-order valence-electron chi connectivity index (χ0n) is 21.7. The normalized spacial score (nSPS) is 11.7. The van der Waals surface area contributed by atoms with Gasteiger partial charge in [0, 0.05) is 18.3 Å². The Morgan fingerprint density at radius 2 is 1.95 bits per heavy atom. The van der Waals surface area contributed by atoms with Crippen LogP contribution in [0.3, 0.4) is 0 Å². The molecule has 0 aliphatic carbocycles. The molecule has 39 heavy (non-hydrogen) atoms. The average molecular weight is 547 g/mol. The molecule has 2 aromatic carbocycles. The quantitative estimate of drug-likeness (QED) is 0.0994. The first-order valence-corrected chi connectivity index (χ1v) is 13.1. The average Bonchev–Trinajstić information content (AvgIpc) is 3.58. The van der Waals surface area contributed by atoms with E-state index in [-0.39, 0.29) is 5.91 Å². The minimum Gasteiger partial charge on any atom is -0.497 e. The maximum absolute atomic E-state index is 12.6. The summed E-state index contributed by atoms with van der Waals surface area (Å²) in [5.74, 6) is 2.04. The second-order valence-corrected chi connectivity index (χ2v) is 9.61. The zero-order valence-corrected chi connectivity index (χ0v) is 22.6. The molecular formula is C28H30N6O4S. The van der Waals surface area contributed by atoms with Gasteiger partial charge in [-0.1, -0.05) is 48.2 Å². The molecule has 11 heteroatoms. The molecule has 0 spiro atoms. The number of furan rings is 1. The molecule has 1 atom stereocenters. The standard InChI is InChI=1S/C28H30N6O4S/c1-4-16-34-25(18-29-22-8-6-5-7-9-22)31-33-28(34)39-20(2)27(35)32-30-17-24-14-15-26(38-24)37-19-21-10-12-23(36-3)13-11-21/h4-15,17,20,29H,1,16,18-19H2,2-3H3,(H,32,35)/b30-17-/t20-/m0/s1. The number of hydrogen-bond donors (Lipinski definition) is 2. The van der Waals surface area contributed by atoms with Gasteiger partial charge in [0.15, 0.2) is 16.7 Å². The van der Waals surface area contributed by atoms with E-state index in [2.05, 4.69) is 32.6 Å².